The van der Waals surface area contributed by atoms with E-state index in [0.717, 1.165) is 5.69 Å². The molecule has 0 aliphatic carbocycles. The van der Waals surface area contributed by atoms with Crippen LogP contribution in [-0.2, 0) is 4.79 Å². The second kappa shape index (κ2) is 6.95. The van der Waals surface area contributed by atoms with Crippen molar-refractivity contribution in [2.45, 2.75) is 19.4 Å². The van der Waals surface area contributed by atoms with E-state index < -0.39 is 0 Å². The maximum Gasteiger partial charge on any atom is 0.239 e. The number of nitrogens with zero attached hydrogens (tertiary/aromatic N) is 1. The Balaban J connectivity index is 2.01. The first-order valence-electron chi connectivity index (χ1n) is 6.54. The van der Waals surface area contributed by atoms with Crippen LogP contribution in [0, 0.1) is 0 Å². The zero-order valence-electron chi connectivity index (χ0n) is 11.5. The predicted octanol–water partition coefficient (Wildman–Crippen LogP) is 3.20. The molecule has 2 aromatic rings. The molecule has 1 amide bonds. The van der Waals surface area contributed by atoms with Gasteiger partial charge in [-0.3, -0.25) is 4.79 Å². The highest BCUT2D eigenvalue weighted by molar-refractivity contribution is 6.30. The first-order valence-corrected chi connectivity index (χ1v) is 6.91. The average molecular weight is 306 g/mol. The van der Waals surface area contributed by atoms with Crippen molar-refractivity contribution in [1.29, 1.82) is 0 Å². The van der Waals surface area contributed by atoms with Gasteiger partial charge in [-0.1, -0.05) is 18.5 Å². The van der Waals surface area contributed by atoms with Gasteiger partial charge in [0, 0.05) is 18.0 Å². The van der Waals surface area contributed by atoms with E-state index in [9.17, 15) is 4.79 Å². The van der Waals surface area contributed by atoms with Crippen LogP contribution >= 0.6 is 11.6 Å². The zero-order valence-corrected chi connectivity index (χ0v) is 12.3. The largest absolute Gasteiger partial charge is 0.439 e. The Morgan fingerprint density at radius 2 is 2.05 bits per heavy atom. The Bertz CT molecular complexity index is 599. The number of amides is 1. The third-order valence-corrected chi connectivity index (χ3v) is 3.09. The minimum Gasteiger partial charge on any atom is -0.439 e. The number of carbonyl (C=O) groups excluding carboxylic acids is 1. The normalized spacial score (nSPS) is 11.7. The summed E-state index contributed by atoms with van der Waals surface area (Å²) in [5.74, 6) is 0.731. The van der Waals surface area contributed by atoms with Gasteiger partial charge < -0.3 is 15.8 Å². The van der Waals surface area contributed by atoms with E-state index >= 15 is 0 Å². The molecule has 1 aromatic heterocycles. The Morgan fingerprint density at radius 1 is 1.33 bits per heavy atom. The monoisotopic (exact) mass is 305 g/mol. The summed E-state index contributed by atoms with van der Waals surface area (Å²) >= 11 is 5.76. The number of nitrogens with one attached hydrogen (secondary N) is 1. The van der Waals surface area contributed by atoms with Gasteiger partial charge in [-0.15, -0.1) is 0 Å². The molecule has 0 radical (unpaired) electrons. The lowest BCUT2D eigenvalue weighted by molar-refractivity contribution is -0.118. The molecule has 21 heavy (non-hydrogen) atoms. The van der Waals surface area contributed by atoms with E-state index in [1.54, 1.807) is 24.3 Å². The maximum atomic E-state index is 11.2. The molecule has 1 atom stereocenters. The van der Waals surface area contributed by atoms with Gasteiger partial charge >= 0.3 is 0 Å². The van der Waals surface area contributed by atoms with Gasteiger partial charge in [0.15, 0.2) is 0 Å². The van der Waals surface area contributed by atoms with Crippen LogP contribution in [0.2, 0.25) is 5.02 Å². The number of halogens is 1. The van der Waals surface area contributed by atoms with E-state index in [4.69, 9.17) is 22.1 Å². The summed E-state index contributed by atoms with van der Waals surface area (Å²) in [4.78, 5) is 15.2. The summed E-state index contributed by atoms with van der Waals surface area (Å²) in [5, 5.41) is 3.62. The van der Waals surface area contributed by atoms with Crippen molar-refractivity contribution >= 4 is 23.2 Å². The van der Waals surface area contributed by atoms with Gasteiger partial charge in [0.1, 0.15) is 11.8 Å². The second-order valence-corrected chi connectivity index (χ2v) is 4.89. The molecule has 5 nitrogen and oxygen atoms in total. The van der Waals surface area contributed by atoms with Gasteiger partial charge in [0.25, 0.3) is 0 Å². The number of ether oxygens (including phenoxy) is 1. The minimum atomic E-state index is -0.380. The van der Waals surface area contributed by atoms with Crippen LogP contribution in [0.5, 0.6) is 11.6 Å². The highest BCUT2D eigenvalue weighted by Crippen LogP contribution is 2.22. The molecule has 0 aliphatic rings. The number of hydrogen-bond acceptors (Lipinski definition) is 4. The lowest BCUT2D eigenvalue weighted by Gasteiger charge is -2.14. The van der Waals surface area contributed by atoms with E-state index in [2.05, 4.69) is 10.3 Å². The quantitative estimate of drug-likeness (QED) is 0.859. The number of pyridine rings is 1. The van der Waals surface area contributed by atoms with Crippen LogP contribution in [0.1, 0.15) is 13.3 Å². The highest BCUT2D eigenvalue weighted by atomic mass is 35.5. The topological polar surface area (TPSA) is 77.2 Å². The molecule has 0 bridgehead atoms. The smallest absolute Gasteiger partial charge is 0.239 e. The van der Waals surface area contributed by atoms with Crippen molar-refractivity contribution in [3.8, 4) is 11.6 Å². The predicted molar refractivity (Wildman–Crippen MR) is 82.7 cm³/mol. The molecule has 1 unspecified atom stereocenters. The number of carbonyl (C=O) groups is 1. The summed E-state index contributed by atoms with van der Waals surface area (Å²) in [5.41, 5.74) is 6.10. The number of anilines is 1. The molecule has 0 saturated heterocycles. The molecule has 3 N–H and O–H groups in total. The van der Waals surface area contributed by atoms with E-state index in [0.29, 0.717) is 23.1 Å². The van der Waals surface area contributed by atoms with Crippen LogP contribution in [0.15, 0.2) is 42.6 Å². The number of hydrogen-bond donors (Lipinski definition) is 2. The Kier molecular flexibility index (Phi) is 5.00. The Hall–Kier alpha value is -2.27. The van der Waals surface area contributed by atoms with Gasteiger partial charge in [-0.25, -0.2) is 4.98 Å². The Morgan fingerprint density at radius 3 is 2.57 bits per heavy atom. The van der Waals surface area contributed by atoms with E-state index in [1.165, 1.54) is 6.20 Å². The second-order valence-electron chi connectivity index (χ2n) is 4.45. The Labute approximate surface area is 128 Å². The highest BCUT2D eigenvalue weighted by Gasteiger charge is 2.11. The van der Waals surface area contributed by atoms with Gasteiger partial charge in [0.2, 0.25) is 11.8 Å². The maximum absolute atomic E-state index is 11.2. The van der Waals surface area contributed by atoms with Crippen molar-refractivity contribution in [2.75, 3.05) is 5.32 Å². The van der Waals surface area contributed by atoms with Crippen molar-refractivity contribution in [1.82, 2.24) is 4.98 Å². The van der Waals surface area contributed by atoms with Crippen molar-refractivity contribution in [3.63, 3.8) is 0 Å². The molecular weight excluding hydrogens is 290 g/mol. The third-order valence-electron chi connectivity index (χ3n) is 2.87. The standard InChI is InChI=1S/C15H16ClN3O2/c1-2-13(15(17)20)19-11-4-6-12(7-5-11)21-14-8-3-10(16)9-18-14/h3-9,13,19H,2H2,1H3,(H2,17,20). The van der Waals surface area contributed by atoms with Gasteiger partial charge in [0.05, 0.1) is 5.02 Å². The van der Waals surface area contributed by atoms with E-state index in [1.807, 2.05) is 19.1 Å². The van der Waals surface area contributed by atoms with Crippen LogP contribution in [-0.4, -0.2) is 16.9 Å². The van der Waals surface area contributed by atoms with Gasteiger partial charge in [-0.2, -0.15) is 0 Å². The molecule has 0 saturated carbocycles. The summed E-state index contributed by atoms with van der Waals surface area (Å²) in [6.07, 6.45) is 2.15. The van der Waals surface area contributed by atoms with Crippen molar-refractivity contribution in [2.24, 2.45) is 5.73 Å². The molecule has 0 spiro atoms. The van der Waals surface area contributed by atoms with E-state index in [-0.39, 0.29) is 11.9 Å². The van der Waals surface area contributed by atoms with Crippen molar-refractivity contribution in [3.05, 3.63) is 47.6 Å². The number of rotatable bonds is 6. The SMILES string of the molecule is CCC(Nc1ccc(Oc2ccc(Cl)cn2)cc1)C(N)=O. The first kappa shape index (κ1) is 15.1. The molecule has 2 rings (SSSR count). The molecule has 1 aromatic carbocycles. The minimum absolute atomic E-state index is 0.372. The van der Waals surface area contributed by atoms with Crippen LogP contribution in [0.4, 0.5) is 5.69 Å². The third kappa shape index (κ3) is 4.36. The zero-order chi connectivity index (χ0) is 15.2. The number of aromatic nitrogens is 1. The fourth-order valence-electron chi connectivity index (χ4n) is 1.74. The lowest BCUT2D eigenvalue weighted by atomic mass is 10.2. The molecule has 0 aliphatic heterocycles. The number of benzene rings is 1. The number of nitrogens with two attached hydrogens (primary N) is 1. The van der Waals surface area contributed by atoms with Gasteiger partial charge in [-0.05, 0) is 36.8 Å². The first-order chi connectivity index (χ1) is 10.1. The molecule has 0 fully saturated rings. The molecule has 6 heteroatoms. The summed E-state index contributed by atoms with van der Waals surface area (Å²) in [6, 6.07) is 10.2. The average Bonchev–Trinajstić information content (AvgIpc) is 2.48. The van der Waals surface area contributed by atoms with Crippen LogP contribution in [0.3, 0.4) is 0 Å². The molecular formula is C15H16ClN3O2. The summed E-state index contributed by atoms with van der Waals surface area (Å²) in [6.45, 7) is 1.89. The fourth-order valence-corrected chi connectivity index (χ4v) is 1.85. The fraction of sp³-hybridized carbons (Fsp3) is 0.200. The van der Waals surface area contributed by atoms with Crippen LogP contribution < -0.4 is 15.8 Å². The lowest BCUT2D eigenvalue weighted by Crippen LogP contribution is -2.34. The summed E-state index contributed by atoms with van der Waals surface area (Å²) < 4.78 is 5.58. The molecule has 1 heterocycles. The molecule has 110 valence electrons. The number of primary amides is 1. The summed E-state index contributed by atoms with van der Waals surface area (Å²) in [7, 11) is 0. The van der Waals surface area contributed by atoms with Crippen LogP contribution in [0.25, 0.3) is 0 Å². The van der Waals surface area contributed by atoms with Crippen molar-refractivity contribution < 1.29 is 9.53 Å².